The van der Waals surface area contributed by atoms with Gasteiger partial charge in [-0.1, -0.05) is 96.5 Å². The van der Waals surface area contributed by atoms with E-state index >= 15 is 0 Å². The molecular formula is C51H73N11O13S. The van der Waals surface area contributed by atoms with Crippen LogP contribution in [0.25, 0.3) is 10.9 Å². The largest absolute Gasteiger partial charge is 0.481 e. The molecule has 0 radical (unpaired) electrons. The summed E-state index contributed by atoms with van der Waals surface area (Å²) in [7, 11) is 0. The van der Waals surface area contributed by atoms with E-state index in [0.717, 1.165) is 10.9 Å². The van der Waals surface area contributed by atoms with Gasteiger partial charge >= 0.3 is 11.9 Å². The fourth-order valence-corrected chi connectivity index (χ4v) is 8.06. The maximum atomic E-state index is 14.0. The molecule has 3 rings (SSSR count). The van der Waals surface area contributed by atoms with Crippen LogP contribution in [0.3, 0.4) is 0 Å². The third kappa shape index (κ3) is 20.3. The molecule has 15 N–H and O–H groups in total. The first kappa shape index (κ1) is 62.8. The van der Waals surface area contributed by atoms with E-state index in [0.29, 0.717) is 17.5 Å². The summed E-state index contributed by atoms with van der Waals surface area (Å²) in [6.45, 7) is 9.45. The maximum Gasteiger partial charge on any atom is 0.326 e. The SMILES string of the molecule is CC[C@H](C)[C@H](N)C(=O)N[C@@H](CS)C(=O)N[C@@H](Cc1c[nH]c2ccccc12)C(=O)NCC(=O)N[C@@H](CC(N)=O)C(=O)N[C@@H](CCC(=O)O)C(=O)N[C@@H](CC(C)C)C(=O)N[C@@H](Cc1ccccc1)C(=O)N[C@H](C(=O)O)C(C)C. The molecular weight excluding hydrogens is 1010 g/mol. The number of hydrogen-bond acceptors (Lipinski definition) is 13. The van der Waals surface area contributed by atoms with Crippen molar-refractivity contribution in [2.45, 2.75) is 135 Å². The minimum atomic E-state index is -1.79. The number of carbonyl (C=O) groups is 11. The molecule has 1 aromatic heterocycles. The number of nitrogens with two attached hydrogens (primary N) is 2. The Kier molecular flexibility index (Phi) is 25.4. The number of para-hydroxylation sites is 1. The molecule has 9 atom stereocenters. The van der Waals surface area contributed by atoms with Crippen molar-refractivity contribution in [2.75, 3.05) is 12.3 Å². The van der Waals surface area contributed by atoms with E-state index in [9.17, 15) is 63.0 Å². The summed E-state index contributed by atoms with van der Waals surface area (Å²) in [4.78, 5) is 148. The summed E-state index contributed by atoms with van der Waals surface area (Å²) < 4.78 is 0. The summed E-state index contributed by atoms with van der Waals surface area (Å²) in [5, 5.41) is 39.9. The van der Waals surface area contributed by atoms with Crippen LogP contribution in [0.4, 0.5) is 0 Å². The van der Waals surface area contributed by atoms with Crippen LogP contribution in [0.2, 0.25) is 0 Å². The zero-order chi connectivity index (χ0) is 56.8. The molecule has 0 fully saturated rings. The maximum absolute atomic E-state index is 14.0. The molecule has 25 heteroatoms. The summed E-state index contributed by atoms with van der Waals surface area (Å²) in [6, 6.07) is 4.65. The van der Waals surface area contributed by atoms with Crippen LogP contribution < -0.4 is 54.0 Å². The standard InChI is InChI=1S/C51H73N11O13S/c1-7-28(6)42(53)50(73)61-38(25-76)49(72)60-36(21-30-23-54-32-16-12-11-15-31(30)32)44(67)55-24-40(64)56-37(22-39(52)63)47(70)57-33(17-18-41(65)66)45(68)58-34(19-26(2)3)46(69)59-35(20-29-13-9-8-10-14-29)48(71)62-43(27(4)5)51(74)75/h8-16,23,26-28,33-38,42-43,54,76H,7,17-22,24-25,53H2,1-6H3,(H2,52,63)(H,55,67)(H,56,64)(H,57,70)(H,58,68)(H,59,69)(H,60,72)(H,61,73)(H,62,71)(H,65,66)(H,74,75)/t28-,33-,34-,35-,36-,37-,38-,42-,43-/m0/s1. The zero-order valence-electron chi connectivity index (χ0n) is 43.5. The molecule has 0 aliphatic rings. The first-order valence-electron chi connectivity index (χ1n) is 24.9. The Balaban J connectivity index is 1.83. The number of fused-ring (bicyclic) bond motifs is 1. The molecule has 3 aromatic rings. The number of H-pyrrole nitrogens is 1. The first-order chi connectivity index (χ1) is 35.8. The van der Waals surface area contributed by atoms with Crippen LogP contribution in [0.1, 0.15) is 84.8 Å². The molecule has 24 nitrogen and oxygen atoms in total. The quantitative estimate of drug-likeness (QED) is 0.0344. The lowest BCUT2D eigenvalue weighted by Crippen LogP contribution is -2.60. The van der Waals surface area contributed by atoms with Crippen LogP contribution in [0.15, 0.2) is 60.8 Å². The number of thiol groups is 1. The van der Waals surface area contributed by atoms with E-state index in [2.05, 4.69) is 60.1 Å². The van der Waals surface area contributed by atoms with Gasteiger partial charge in [0.25, 0.3) is 0 Å². The molecule has 2 aromatic carbocycles. The number of aromatic amines is 1. The highest BCUT2D eigenvalue weighted by atomic mass is 32.1. The van der Waals surface area contributed by atoms with Crippen molar-refractivity contribution in [2.24, 2.45) is 29.2 Å². The highest BCUT2D eigenvalue weighted by Crippen LogP contribution is 2.20. The Morgan fingerprint density at radius 3 is 1.75 bits per heavy atom. The molecule has 1 heterocycles. The van der Waals surface area contributed by atoms with Gasteiger partial charge < -0.3 is 69.2 Å². The van der Waals surface area contributed by atoms with E-state index in [-0.39, 0.29) is 36.9 Å². The van der Waals surface area contributed by atoms with Gasteiger partial charge in [0.1, 0.15) is 42.3 Å². The third-order valence-electron chi connectivity index (χ3n) is 12.4. The van der Waals surface area contributed by atoms with Gasteiger partial charge in [-0.25, -0.2) is 4.79 Å². The van der Waals surface area contributed by atoms with Crippen LogP contribution in [-0.2, 0) is 65.6 Å². The van der Waals surface area contributed by atoms with Crippen molar-refractivity contribution in [1.82, 2.24) is 47.5 Å². The van der Waals surface area contributed by atoms with Gasteiger partial charge in [0, 0.05) is 42.1 Å². The average molecular weight is 1080 g/mol. The van der Waals surface area contributed by atoms with E-state index in [4.69, 9.17) is 11.5 Å². The number of carboxylic acid groups (broad SMARTS) is 2. The van der Waals surface area contributed by atoms with Crippen molar-refractivity contribution < 1.29 is 63.0 Å². The molecule has 76 heavy (non-hydrogen) atoms. The Bertz CT molecular complexity index is 2520. The smallest absolute Gasteiger partial charge is 0.326 e. The number of rotatable bonds is 32. The number of primary amides is 1. The predicted molar refractivity (Wildman–Crippen MR) is 283 cm³/mol. The number of aromatic nitrogens is 1. The average Bonchev–Trinajstić information content (AvgIpc) is 3.78. The zero-order valence-corrected chi connectivity index (χ0v) is 44.4. The highest BCUT2D eigenvalue weighted by Gasteiger charge is 2.35. The number of benzene rings is 2. The molecule has 0 aliphatic carbocycles. The minimum Gasteiger partial charge on any atom is -0.481 e. The Hall–Kier alpha value is -7.54. The van der Waals surface area contributed by atoms with Gasteiger partial charge in [-0.3, -0.25) is 47.9 Å². The minimum absolute atomic E-state index is 0.0293. The van der Waals surface area contributed by atoms with Crippen molar-refractivity contribution in [3.05, 3.63) is 71.9 Å². The summed E-state index contributed by atoms with van der Waals surface area (Å²) in [5.41, 5.74) is 13.5. The molecule has 0 aliphatic heterocycles. The molecule has 0 saturated carbocycles. The molecule has 0 unspecified atom stereocenters. The molecule has 416 valence electrons. The summed E-state index contributed by atoms with van der Waals surface area (Å²) in [6.07, 6.45) is -0.0450. The van der Waals surface area contributed by atoms with E-state index in [1.807, 2.05) is 6.92 Å². The van der Waals surface area contributed by atoms with E-state index in [1.54, 1.807) is 95.4 Å². The second kappa shape index (κ2) is 30.7. The lowest BCUT2D eigenvalue weighted by Gasteiger charge is -2.28. The number of amides is 9. The van der Waals surface area contributed by atoms with Gasteiger partial charge in [0.05, 0.1) is 19.0 Å². The van der Waals surface area contributed by atoms with E-state index < -0.39 is 145 Å². The fraction of sp³-hybridized carbons (Fsp3) is 0.510. The molecule has 0 bridgehead atoms. The van der Waals surface area contributed by atoms with Gasteiger partial charge in [0.15, 0.2) is 0 Å². The van der Waals surface area contributed by atoms with Crippen molar-refractivity contribution in [3.8, 4) is 0 Å². The normalized spacial score (nSPS) is 14.8. The van der Waals surface area contributed by atoms with Gasteiger partial charge in [-0.15, -0.1) is 0 Å². The predicted octanol–water partition coefficient (Wildman–Crippen LogP) is -0.707. The second-order valence-electron chi connectivity index (χ2n) is 19.3. The van der Waals surface area contributed by atoms with Crippen molar-refractivity contribution in [1.29, 1.82) is 0 Å². The highest BCUT2D eigenvalue weighted by molar-refractivity contribution is 7.80. The van der Waals surface area contributed by atoms with Gasteiger partial charge in [-0.05, 0) is 47.8 Å². The lowest BCUT2D eigenvalue weighted by atomic mass is 9.99. The molecule has 9 amide bonds. The Morgan fingerprint density at radius 2 is 1.17 bits per heavy atom. The Labute approximate surface area is 445 Å². The van der Waals surface area contributed by atoms with Crippen molar-refractivity contribution >= 4 is 88.6 Å². The topological polar surface area (TPSA) is 392 Å². The van der Waals surface area contributed by atoms with Gasteiger partial charge in [-0.2, -0.15) is 12.6 Å². The number of hydrogen-bond donors (Lipinski definition) is 14. The number of carbonyl (C=O) groups excluding carboxylic acids is 9. The van der Waals surface area contributed by atoms with Crippen molar-refractivity contribution in [3.63, 3.8) is 0 Å². The number of nitrogens with one attached hydrogen (secondary N) is 9. The summed E-state index contributed by atoms with van der Waals surface area (Å²) >= 11 is 4.23. The number of carboxylic acids is 2. The van der Waals surface area contributed by atoms with Crippen LogP contribution in [-0.4, -0.2) is 141 Å². The van der Waals surface area contributed by atoms with Crippen LogP contribution >= 0.6 is 12.6 Å². The lowest BCUT2D eigenvalue weighted by molar-refractivity contribution is -0.143. The first-order valence-corrected chi connectivity index (χ1v) is 25.6. The van der Waals surface area contributed by atoms with Crippen LogP contribution in [0.5, 0.6) is 0 Å². The van der Waals surface area contributed by atoms with Gasteiger partial charge in [0.2, 0.25) is 53.2 Å². The summed E-state index contributed by atoms with van der Waals surface area (Å²) in [5.74, 6) is -12.1. The second-order valence-corrected chi connectivity index (χ2v) is 19.7. The van der Waals surface area contributed by atoms with Crippen LogP contribution in [0, 0.1) is 17.8 Å². The van der Waals surface area contributed by atoms with E-state index in [1.165, 1.54) is 0 Å². The monoisotopic (exact) mass is 1080 g/mol. The molecule has 0 saturated heterocycles. The Morgan fingerprint density at radius 1 is 0.632 bits per heavy atom. The number of aliphatic carboxylic acids is 2. The fourth-order valence-electron chi connectivity index (χ4n) is 7.81. The molecule has 0 spiro atoms. The third-order valence-corrected chi connectivity index (χ3v) is 12.7.